The molecule has 0 aliphatic carbocycles. The van der Waals surface area contributed by atoms with E-state index < -0.39 is 6.10 Å². The topological polar surface area (TPSA) is 89.9 Å². The van der Waals surface area contributed by atoms with Gasteiger partial charge in [-0.3, -0.25) is 14.5 Å². The van der Waals surface area contributed by atoms with Gasteiger partial charge >= 0.3 is 6.03 Å². The van der Waals surface area contributed by atoms with Crippen molar-refractivity contribution < 1.29 is 19.5 Å². The molecule has 1 heterocycles. The summed E-state index contributed by atoms with van der Waals surface area (Å²) in [7, 11) is 1.57. The highest BCUT2D eigenvalue weighted by atomic mass is 16.3. The monoisotopic (exact) mass is 285 g/mol. The Morgan fingerprint density at radius 1 is 1.40 bits per heavy atom. The van der Waals surface area contributed by atoms with Crippen molar-refractivity contribution in [1.82, 2.24) is 15.1 Å². The van der Waals surface area contributed by atoms with Crippen LogP contribution in [-0.2, 0) is 9.59 Å². The van der Waals surface area contributed by atoms with Gasteiger partial charge in [0.15, 0.2) is 0 Å². The molecule has 0 spiro atoms. The maximum absolute atomic E-state index is 11.6. The number of carbonyl (C=O) groups excluding carboxylic acids is 3. The molecule has 7 heteroatoms. The average molecular weight is 285 g/mol. The molecular formula is C13H23N3O4. The summed E-state index contributed by atoms with van der Waals surface area (Å²) in [6, 6.07) is -0.401. The zero-order valence-corrected chi connectivity index (χ0v) is 12.3. The summed E-state index contributed by atoms with van der Waals surface area (Å²) in [4.78, 5) is 37.3. The lowest BCUT2D eigenvalue weighted by Crippen LogP contribution is -2.36. The van der Waals surface area contributed by atoms with E-state index in [2.05, 4.69) is 5.32 Å². The molecule has 20 heavy (non-hydrogen) atoms. The van der Waals surface area contributed by atoms with Crippen molar-refractivity contribution in [3.8, 4) is 0 Å². The molecule has 0 aromatic rings. The van der Waals surface area contributed by atoms with Crippen LogP contribution in [0.2, 0.25) is 0 Å². The maximum atomic E-state index is 11.6. The van der Waals surface area contributed by atoms with Crippen LogP contribution < -0.4 is 5.32 Å². The second-order valence-electron chi connectivity index (χ2n) is 5.34. The Hall–Kier alpha value is -1.63. The smallest absolute Gasteiger partial charge is 0.326 e. The van der Waals surface area contributed by atoms with Crippen molar-refractivity contribution in [3.05, 3.63) is 0 Å². The molecule has 0 radical (unpaired) electrons. The van der Waals surface area contributed by atoms with Crippen LogP contribution in [0.1, 0.15) is 33.1 Å². The molecular weight excluding hydrogens is 262 g/mol. The second-order valence-corrected chi connectivity index (χ2v) is 5.34. The Morgan fingerprint density at radius 3 is 2.55 bits per heavy atom. The van der Waals surface area contributed by atoms with Crippen LogP contribution in [0.3, 0.4) is 0 Å². The van der Waals surface area contributed by atoms with Crippen LogP contribution in [0.15, 0.2) is 0 Å². The van der Waals surface area contributed by atoms with Gasteiger partial charge in [-0.25, -0.2) is 4.79 Å². The largest absolute Gasteiger partial charge is 0.393 e. The first-order valence-corrected chi connectivity index (χ1v) is 6.84. The van der Waals surface area contributed by atoms with Crippen molar-refractivity contribution in [2.75, 3.05) is 20.1 Å². The number of aliphatic hydroxyl groups excluding tert-OH is 1. The Kier molecular flexibility index (Phi) is 5.94. The molecule has 1 fully saturated rings. The second kappa shape index (κ2) is 7.23. The molecule has 1 aliphatic heterocycles. The summed E-state index contributed by atoms with van der Waals surface area (Å²) >= 11 is 0. The lowest BCUT2D eigenvalue weighted by molar-refractivity contribution is -0.126. The minimum absolute atomic E-state index is 0.0938. The Labute approximate surface area is 118 Å². The molecule has 1 aliphatic rings. The Balaban J connectivity index is 2.25. The first kappa shape index (κ1) is 16.4. The van der Waals surface area contributed by atoms with Crippen LogP contribution in [-0.4, -0.2) is 65.0 Å². The fourth-order valence-corrected chi connectivity index (χ4v) is 2.20. The van der Waals surface area contributed by atoms with Gasteiger partial charge in [-0.1, -0.05) is 0 Å². The summed E-state index contributed by atoms with van der Waals surface area (Å²) in [5.74, 6) is -0.356. The summed E-state index contributed by atoms with van der Waals surface area (Å²) in [6.07, 6.45) is 0.740. The highest BCUT2D eigenvalue weighted by Crippen LogP contribution is 2.09. The Bertz CT molecular complexity index is 384. The lowest BCUT2D eigenvalue weighted by atomic mass is 10.1. The van der Waals surface area contributed by atoms with Crippen LogP contribution in [0.5, 0.6) is 0 Å². The number of likely N-dealkylation sites (N-methyl/N-ethyl adjacent to an activating group) is 1. The average Bonchev–Trinajstić information content (AvgIpc) is 2.54. The molecule has 0 aromatic heterocycles. The van der Waals surface area contributed by atoms with E-state index in [1.165, 1.54) is 9.80 Å². The van der Waals surface area contributed by atoms with Crippen LogP contribution in [0, 0.1) is 0 Å². The standard InChI is InChI=1S/C13H23N3O4/c1-9(7-10(2)17)14-11(18)5-4-6-16-12(19)8-15(3)13(16)20/h9-10,17H,4-8H2,1-3H3,(H,14,18). The molecule has 2 atom stereocenters. The van der Waals surface area contributed by atoms with Crippen molar-refractivity contribution in [2.24, 2.45) is 0 Å². The van der Waals surface area contributed by atoms with Crippen LogP contribution >= 0.6 is 0 Å². The highest BCUT2D eigenvalue weighted by Gasteiger charge is 2.32. The van der Waals surface area contributed by atoms with Crippen molar-refractivity contribution in [2.45, 2.75) is 45.3 Å². The zero-order valence-electron chi connectivity index (χ0n) is 12.3. The summed E-state index contributed by atoms with van der Waals surface area (Å²) < 4.78 is 0. The first-order chi connectivity index (χ1) is 9.31. The minimum atomic E-state index is -0.458. The number of urea groups is 1. The number of nitrogens with zero attached hydrogens (tertiary/aromatic N) is 2. The molecule has 114 valence electrons. The van der Waals surface area contributed by atoms with Gasteiger partial charge in [0.25, 0.3) is 0 Å². The van der Waals surface area contributed by atoms with Gasteiger partial charge in [-0.15, -0.1) is 0 Å². The van der Waals surface area contributed by atoms with E-state index in [1.54, 1.807) is 14.0 Å². The number of carbonyl (C=O) groups is 3. The van der Waals surface area contributed by atoms with Crippen molar-refractivity contribution in [1.29, 1.82) is 0 Å². The predicted molar refractivity (Wildman–Crippen MR) is 72.9 cm³/mol. The third-order valence-corrected chi connectivity index (χ3v) is 3.12. The number of aliphatic hydroxyl groups is 1. The van der Waals surface area contributed by atoms with E-state index in [0.717, 1.165) is 0 Å². The van der Waals surface area contributed by atoms with E-state index >= 15 is 0 Å². The SMILES string of the molecule is CC(O)CC(C)NC(=O)CCCN1C(=O)CN(C)C1=O. The molecule has 4 amide bonds. The van der Waals surface area contributed by atoms with Crippen molar-refractivity contribution >= 4 is 17.8 Å². The number of imide groups is 1. The van der Waals surface area contributed by atoms with Crippen molar-refractivity contribution in [3.63, 3.8) is 0 Å². The number of amides is 4. The van der Waals surface area contributed by atoms with Gasteiger partial charge < -0.3 is 15.3 Å². The molecule has 1 rings (SSSR count). The fourth-order valence-electron chi connectivity index (χ4n) is 2.20. The van der Waals surface area contributed by atoms with E-state index in [9.17, 15) is 19.5 Å². The van der Waals surface area contributed by atoms with Gasteiger partial charge in [0.1, 0.15) is 6.54 Å². The lowest BCUT2D eigenvalue weighted by Gasteiger charge is -2.16. The predicted octanol–water partition coefficient (Wildman–Crippen LogP) is -0.0638. The third kappa shape index (κ3) is 4.80. The maximum Gasteiger partial charge on any atom is 0.326 e. The third-order valence-electron chi connectivity index (χ3n) is 3.12. The van der Waals surface area contributed by atoms with Gasteiger partial charge in [0.2, 0.25) is 11.8 Å². The van der Waals surface area contributed by atoms with E-state index in [1.807, 2.05) is 6.92 Å². The van der Waals surface area contributed by atoms with Crippen LogP contribution in [0.25, 0.3) is 0 Å². The molecule has 0 saturated carbocycles. The quantitative estimate of drug-likeness (QED) is 0.641. The summed E-state index contributed by atoms with van der Waals surface area (Å²) in [6.45, 7) is 3.87. The van der Waals surface area contributed by atoms with Gasteiger partial charge in [-0.05, 0) is 26.7 Å². The molecule has 0 aromatic carbocycles. The fraction of sp³-hybridized carbons (Fsp3) is 0.769. The van der Waals surface area contributed by atoms with Gasteiger partial charge in [0.05, 0.1) is 6.10 Å². The first-order valence-electron chi connectivity index (χ1n) is 6.84. The van der Waals surface area contributed by atoms with Crippen LogP contribution in [0.4, 0.5) is 4.79 Å². The van der Waals surface area contributed by atoms with E-state index in [-0.39, 0.29) is 43.4 Å². The highest BCUT2D eigenvalue weighted by molar-refractivity contribution is 6.01. The minimum Gasteiger partial charge on any atom is -0.393 e. The number of nitrogens with one attached hydrogen (secondary N) is 1. The molecule has 0 bridgehead atoms. The summed E-state index contributed by atoms with van der Waals surface area (Å²) in [5.41, 5.74) is 0. The zero-order chi connectivity index (χ0) is 15.3. The van der Waals surface area contributed by atoms with Gasteiger partial charge in [-0.2, -0.15) is 0 Å². The normalized spacial score (nSPS) is 18.4. The number of hydrogen-bond donors (Lipinski definition) is 2. The molecule has 1 saturated heterocycles. The molecule has 7 nitrogen and oxygen atoms in total. The number of rotatable bonds is 7. The number of hydrogen-bond acceptors (Lipinski definition) is 4. The Morgan fingerprint density at radius 2 is 2.05 bits per heavy atom. The van der Waals surface area contributed by atoms with E-state index in [4.69, 9.17) is 0 Å². The van der Waals surface area contributed by atoms with E-state index in [0.29, 0.717) is 12.8 Å². The van der Waals surface area contributed by atoms with Gasteiger partial charge in [0, 0.05) is 26.1 Å². The summed E-state index contributed by atoms with van der Waals surface area (Å²) in [5, 5.41) is 12.0. The molecule has 2 N–H and O–H groups in total. The molecule has 2 unspecified atom stereocenters.